The second-order valence-electron chi connectivity index (χ2n) is 6.95. The van der Waals surface area contributed by atoms with Crippen molar-refractivity contribution in [2.45, 2.75) is 8.53 Å². The fourth-order valence-corrected chi connectivity index (χ4v) is 14.7. The van der Waals surface area contributed by atoms with Crippen LogP contribution in [0.5, 0.6) is 0 Å². The molecule has 1 aromatic heterocycles. The number of H-pyrrole nitrogens is 1. The van der Waals surface area contributed by atoms with Crippen LogP contribution in [0, 0.1) is 0 Å². The quantitative estimate of drug-likeness (QED) is 0.439. The van der Waals surface area contributed by atoms with Gasteiger partial charge in [-0.2, -0.15) is 5.10 Å². The van der Waals surface area contributed by atoms with Crippen molar-refractivity contribution in [3.63, 3.8) is 0 Å². The summed E-state index contributed by atoms with van der Waals surface area (Å²) in [5.41, 5.74) is 0.382. The lowest BCUT2D eigenvalue weighted by Crippen LogP contribution is -2.67. The molecule has 0 atom stereocenters. The third kappa shape index (κ3) is 2.86. The zero-order chi connectivity index (χ0) is 23.0. The van der Waals surface area contributed by atoms with Crippen molar-refractivity contribution in [1.29, 1.82) is 0 Å². The van der Waals surface area contributed by atoms with E-state index in [9.17, 15) is 33.7 Å². The highest BCUT2D eigenvalue weighted by atomic mass is 32.3. The molecule has 1 fully saturated rings. The van der Waals surface area contributed by atoms with E-state index in [0.717, 1.165) is 0 Å². The van der Waals surface area contributed by atoms with Gasteiger partial charge in [0, 0.05) is 30.4 Å². The molecule has 3 rings (SSSR count). The topological polar surface area (TPSA) is 184 Å². The number of aromatic amines is 1. The van der Waals surface area contributed by atoms with Gasteiger partial charge in [-0.05, 0) is 11.5 Å². The van der Waals surface area contributed by atoms with E-state index in [2.05, 4.69) is 10.2 Å². The molecule has 1 aromatic carbocycles. The van der Waals surface area contributed by atoms with E-state index in [1.807, 2.05) is 0 Å². The fourth-order valence-electron chi connectivity index (χ4n) is 3.58. The predicted octanol–water partition coefficient (Wildman–Crippen LogP) is -2.21. The maximum absolute atomic E-state index is 12.8. The highest BCUT2D eigenvalue weighted by Gasteiger charge is 2.83. The second-order valence-corrected chi connectivity index (χ2v) is 15.9. The van der Waals surface area contributed by atoms with Gasteiger partial charge in [-0.25, -0.2) is 33.7 Å². The Morgan fingerprint density at radius 3 is 1.63 bits per heavy atom. The number of nitrogens with zero attached hydrogens (tertiary/aromatic N) is 1. The maximum atomic E-state index is 12.8. The number of rotatable bonds is 5. The molecule has 2 heterocycles. The van der Waals surface area contributed by atoms with Gasteiger partial charge in [0.1, 0.15) is 0 Å². The van der Waals surface area contributed by atoms with Gasteiger partial charge in [-0.3, -0.25) is 5.10 Å². The van der Waals surface area contributed by atoms with Crippen LogP contribution in [0.3, 0.4) is 0 Å². The second kappa shape index (κ2) is 6.49. The lowest BCUT2D eigenvalue weighted by Gasteiger charge is -2.37. The Hall–Kier alpha value is -1.53. The zero-order valence-corrected chi connectivity index (χ0v) is 19.3. The lowest BCUT2D eigenvalue weighted by molar-refractivity contribution is 0.202. The predicted molar refractivity (Wildman–Crippen MR) is 108 cm³/mol. The van der Waals surface area contributed by atoms with Crippen LogP contribution in [0.25, 0.3) is 10.9 Å². The first kappa shape index (κ1) is 23.1. The van der Waals surface area contributed by atoms with E-state index < -0.39 is 55.0 Å². The summed E-state index contributed by atoms with van der Waals surface area (Å²) >= 11 is 0. The van der Waals surface area contributed by atoms with E-state index in [1.54, 1.807) is 6.07 Å². The molecule has 0 aliphatic carbocycles. The van der Waals surface area contributed by atoms with Gasteiger partial charge in [0.25, 0.3) is 0 Å². The summed E-state index contributed by atoms with van der Waals surface area (Å²) in [4.78, 5) is 0. The minimum absolute atomic E-state index is 0.0212. The van der Waals surface area contributed by atoms with Gasteiger partial charge in [0.2, 0.25) is 0 Å². The average Bonchev–Trinajstić information content (AvgIpc) is 3.15. The van der Waals surface area contributed by atoms with E-state index >= 15 is 0 Å². The molecule has 0 saturated carbocycles. The van der Waals surface area contributed by atoms with Crippen LogP contribution < -0.4 is 5.46 Å². The van der Waals surface area contributed by atoms with E-state index in [1.165, 1.54) is 18.3 Å². The molecule has 1 N–H and O–H groups in total. The molecule has 1 saturated heterocycles. The molecule has 12 nitrogen and oxygen atoms in total. The first-order valence-corrected chi connectivity index (χ1v) is 15.5. The van der Waals surface area contributed by atoms with Gasteiger partial charge in [0.15, 0.2) is 39.3 Å². The fraction of sp³-hybridized carbons (Fsp3) is 0.462. The zero-order valence-electron chi connectivity index (χ0n) is 16.0. The van der Waals surface area contributed by atoms with Gasteiger partial charge in [0.05, 0.1) is 11.7 Å². The Kier molecular flexibility index (Phi) is 5.01. The van der Waals surface area contributed by atoms with Crippen molar-refractivity contribution >= 4 is 62.8 Å². The number of hydrogen-bond acceptors (Lipinski definition) is 11. The molecule has 0 unspecified atom stereocenters. The maximum Gasteiger partial charge on any atom is 0.498 e. The molecule has 0 radical (unpaired) electrons. The summed E-state index contributed by atoms with van der Waals surface area (Å²) in [7, 11) is -22.4. The number of benzene rings is 1. The Balaban J connectivity index is 2.53. The van der Waals surface area contributed by atoms with Crippen molar-refractivity contribution in [3.8, 4) is 0 Å². The summed E-state index contributed by atoms with van der Waals surface area (Å²) in [5.74, 6) is 0. The number of sulfone groups is 4. The summed E-state index contributed by atoms with van der Waals surface area (Å²) in [6, 6.07) is 4.35. The summed E-state index contributed by atoms with van der Waals surface area (Å²) in [6.07, 6.45) is 2.74. The van der Waals surface area contributed by atoms with Gasteiger partial charge >= 0.3 is 15.6 Å². The van der Waals surface area contributed by atoms with Crippen molar-refractivity contribution in [3.05, 3.63) is 24.4 Å². The highest BCUT2D eigenvalue weighted by Crippen LogP contribution is 2.51. The molecule has 0 spiro atoms. The van der Waals surface area contributed by atoms with Gasteiger partial charge in [-0.15, -0.1) is 0 Å². The minimum atomic E-state index is -5.09. The van der Waals surface area contributed by atoms with Crippen LogP contribution in [-0.4, -0.2) is 84.5 Å². The number of fused-ring (bicyclic) bond motifs is 1. The smallest absolute Gasteiger partial charge is 0.372 e. The van der Waals surface area contributed by atoms with E-state index in [-0.39, 0.29) is 10.8 Å². The van der Waals surface area contributed by atoms with Crippen molar-refractivity contribution < 1.29 is 43.0 Å². The van der Waals surface area contributed by atoms with Crippen LogP contribution in [-0.2, 0) is 48.7 Å². The standard InChI is InChI=1S/C13H17BN2O10S4/c1-27(17,18)12(28(2,19)20)13(29(3,21)22,30(4,23)24)26-14(25-12)10-6-5-7-11-9(10)8-15-16-11/h5-8H,1-4H3,(H,15,16). The molecule has 166 valence electrons. The largest absolute Gasteiger partial charge is 0.498 e. The Bertz CT molecular complexity index is 1320. The van der Waals surface area contributed by atoms with Crippen LogP contribution in [0.15, 0.2) is 24.4 Å². The summed E-state index contributed by atoms with van der Waals surface area (Å²) in [5, 5.41) is 6.68. The van der Waals surface area contributed by atoms with Gasteiger partial charge in [-0.1, -0.05) is 12.1 Å². The highest BCUT2D eigenvalue weighted by molar-refractivity contribution is 8.16. The van der Waals surface area contributed by atoms with Crippen molar-refractivity contribution in [2.24, 2.45) is 0 Å². The molecule has 0 bridgehead atoms. The number of aromatic nitrogens is 2. The minimum Gasteiger partial charge on any atom is -0.372 e. The third-order valence-electron chi connectivity index (χ3n) is 4.62. The molecule has 30 heavy (non-hydrogen) atoms. The number of hydrogen-bond donors (Lipinski definition) is 1. The summed E-state index contributed by atoms with van der Waals surface area (Å²) < 4.78 is 105. The molecule has 2 aromatic rings. The van der Waals surface area contributed by atoms with Crippen molar-refractivity contribution in [2.75, 3.05) is 25.0 Å². The number of nitrogens with one attached hydrogen (secondary N) is 1. The summed E-state index contributed by atoms with van der Waals surface area (Å²) in [6.45, 7) is 0. The van der Waals surface area contributed by atoms with Crippen LogP contribution in [0.1, 0.15) is 0 Å². The first-order chi connectivity index (χ1) is 13.4. The molecular formula is C13H17BN2O10S4. The van der Waals surface area contributed by atoms with E-state index in [4.69, 9.17) is 9.31 Å². The van der Waals surface area contributed by atoms with Crippen LogP contribution in [0.2, 0.25) is 0 Å². The average molecular weight is 500 g/mol. The SMILES string of the molecule is CS(=O)(=O)C1(S(C)(=O)=O)OB(c2cccc3[nH]ncc23)OC1(S(C)(=O)=O)S(C)(=O)=O. The van der Waals surface area contributed by atoms with Crippen molar-refractivity contribution in [1.82, 2.24) is 10.2 Å². The van der Waals surface area contributed by atoms with Crippen LogP contribution in [0.4, 0.5) is 0 Å². The van der Waals surface area contributed by atoms with E-state index in [0.29, 0.717) is 30.5 Å². The Labute approximate surface area is 173 Å². The lowest BCUT2D eigenvalue weighted by atomic mass is 9.77. The monoisotopic (exact) mass is 500 g/mol. The molecule has 1 aliphatic rings. The molecule has 17 heteroatoms. The van der Waals surface area contributed by atoms with Gasteiger partial charge < -0.3 is 9.31 Å². The molecule has 1 aliphatic heterocycles. The Morgan fingerprint density at radius 2 is 1.23 bits per heavy atom. The molecule has 0 amide bonds. The van der Waals surface area contributed by atoms with Crippen LogP contribution >= 0.6 is 0 Å². The normalized spacial score (nSPS) is 19.9. The first-order valence-electron chi connectivity index (χ1n) is 7.97. The Morgan fingerprint density at radius 1 is 0.800 bits per heavy atom. The third-order valence-corrected chi connectivity index (χ3v) is 14.2. The molecular weight excluding hydrogens is 483 g/mol.